The van der Waals surface area contributed by atoms with Gasteiger partial charge in [0.2, 0.25) is 5.91 Å². The van der Waals surface area contributed by atoms with E-state index in [-0.39, 0.29) is 11.8 Å². The second-order valence-electron chi connectivity index (χ2n) is 7.84. The molecule has 0 saturated heterocycles. The molecule has 0 saturated carbocycles. The summed E-state index contributed by atoms with van der Waals surface area (Å²) in [6.07, 6.45) is 0.380. The molecular formula is C23H19N7O. The van der Waals surface area contributed by atoms with Crippen LogP contribution in [0.25, 0.3) is 22.2 Å². The van der Waals surface area contributed by atoms with Crippen LogP contribution in [0.4, 0.5) is 5.82 Å². The van der Waals surface area contributed by atoms with Crippen molar-refractivity contribution in [2.24, 2.45) is 0 Å². The molecule has 0 fully saturated rings. The van der Waals surface area contributed by atoms with Crippen LogP contribution in [-0.2, 0) is 4.79 Å². The molecule has 0 spiro atoms. The number of hydrogen-bond donors (Lipinski definition) is 1. The van der Waals surface area contributed by atoms with Crippen LogP contribution in [0.1, 0.15) is 35.0 Å². The van der Waals surface area contributed by atoms with Crippen LogP contribution >= 0.6 is 0 Å². The molecule has 2 aromatic carbocycles. The molecule has 4 heterocycles. The number of fused-ring (bicyclic) bond motifs is 3. The minimum Gasteiger partial charge on any atom is -0.310 e. The zero-order valence-corrected chi connectivity index (χ0v) is 17.1. The van der Waals surface area contributed by atoms with E-state index in [1.54, 1.807) is 9.20 Å². The zero-order chi connectivity index (χ0) is 21.1. The molecule has 0 unspecified atom stereocenters. The smallest absolute Gasteiger partial charge is 0.226 e. The van der Waals surface area contributed by atoms with Gasteiger partial charge in [0.1, 0.15) is 5.82 Å². The molecule has 31 heavy (non-hydrogen) atoms. The summed E-state index contributed by atoms with van der Waals surface area (Å²) in [5.41, 5.74) is 3.69. The van der Waals surface area contributed by atoms with E-state index in [9.17, 15) is 4.79 Å². The van der Waals surface area contributed by atoms with E-state index in [2.05, 4.69) is 44.9 Å². The Labute approximate surface area is 177 Å². The molecule has 8 nitrogen and oxygen atoms in total. The number of aromatic nitrogens is 6. The van der Waals surface area contributed by atoms with E-state index in [1.807, 2.05) is 44.2 Å². The first-order valence-electron chi connectivity index (χ1n) is 10.2. The first-order chi connectivity index (χ1) is 15.1. The summed E-state index contributed by atoms with van der Waals surface area (Å²) in [6.45, 7) is 3.83. The number of nitrogens with one attached hydrogen (secondary N) is 1. The highest BCUT2D eigenvalue weighted by Crippen LogP contribution is 2.42. The van der Waals surface area contributed by atoms with Crippen LogP contribution in [0.3, 0.4) is 0 Å². The van der Waals surface area contributed by atoms with E-state index < -0.39 is 0 Å². The Balaban J connectivity index is 1.56. The van der Waals surface area contributed by atoms with Crippen molar-refractivity contribution in [3.63, 3.8) is 0 Å². The fourth-order valence-corrected chi connectivity index (χ4v) is 4.53. The van der Waals surface area contributed by atoms with Gasteiger partial charge in [-0.15, -0.1) is 15.3 Å². The minimum atomic E-state index is -0.0796. The molecule has 5 aromatic rings. The maximum atomic E-state index is 12.8. The minimum absolute atomic E-state index is 0.0341. The maximum Gasteiger partial charge on any atom is 0.226 e. The fraction of sp³-hybridized carbons (Fsp3) is 0.174. The molecule has 1 N–H and O–H groups in total. The van der Waals surface area contributed by atoms with E-state index in [0.29, 0.717) is 29.5 Å². The molecule has 0 radical (unpaired) electrons. The summed E-state index contributed by atoms with van der Waals surface area (Å²) in [5, 5.41) is 22.9. The molecule has 8 heteroatoms. The van der Waals surface area contributed by atoms with Crippen LogP contribution < -0.4 is 5.32 Å². The van der Waals surface area contributed by atoms with Gasteiger partial charge in [0, 0.05) is 17.9 Å². The Bertz CT molecular complexity index is 1490. The topological polar surface area (TPSA) is 90.0 Å². The monoisotopic (exact) mass is 409 g/mol. The molecule has 1 aliphatic heterocycles. The number of nitrogens with zero attached hydrogens (tertiary/aromatic N) is 6. The number of amides is 1. The number of carbonyl (C=O) groups is 1. The lowest BCUT2D eigenvalue weighted by molar-refractivity contribution is -0.116. The van der Waals surface area contributed by atoms with Crippen LogP contribution in [0, 0.1) is 13.8 Å². The highest BCUT2D eigenvalue weighted by Gasteiger charge is 2.33. The highest BCUT2D eigenvalue weighted by atomic mass is 16.1. The van der Waals surface area contributed by atoms with Crippen molar-refractivity contribution in [2.75, 3.05) is 5.32 Å². The number of carbonyl (C=O) groups excluding carboxylic acids is 1. The number of aryl methyl sites for hydroxylation is 2. The third-order valence-electron chi connectivity index (χ3n) is 5.92. The van der Waals surface area contributed by atoms with Crippen molar-refractivity contribution >= 4 is 28.1 Å². The summed E-state index contributed by atoms with van der Waals surface area (Å²) in [7, 11) is 0. The van der Waals surface area contributed by atoms with E-state index in [4.69, 9.17) is 5.10 Å². The maximum absolute atomic E-state index is 12.8. The summed E-state index contributed by atoms with van der Waals surface area (Å²) in [6, 6.07) is 18.2. The average Bonchev–Trinajstić information content (AvgIpc) is 3.32. The Morgan fingerprint density at radius 2 is 1.81 bits per heavy atom. The van der Waals surface area contributed by atoms with Crippen molar-refractivity contribution in [3.8, 4) is 5.82 Å². The molecule has 152 valence electrons. The standard InChI is InChI=1S/C23H19N7O/c1-13-22-18(17-9-5-7-15-6-3-4-8-16(15)17)12-21(31)24-23(22)30(27-13)20-11-10-19-26-25-14(2)29(19)28-20/h3-11,18H,12H2,1-2H3,(H,24,31)/t18-/m1/s1. The van der Waals surface area contributed by atoms with Crippen LogP contribution in [0.15, 0.2) is 54.6 Å². The van der Waals surface area contributed by atoms with Gasteiger partial charge in [-0.3, -0.25) is 4.79 Å². The van der Waals surface area contributed by atoms with Crippen LogP contribution in [0.5, 0.6) is 0 Å². The second-order valence-corrected chi connectivity index (χ2v) is 7.84. The van der Waals surface area contributed by atoms with Gasteiger partial charge in [-0.05, 0) is 42.3 Å². The predicted molar refractivity (Wildman–Crippen MR) is 116 cm³/mol. The van der Waals surface area contributed by atoms with Gasteiger partial charge in [0.25, 0.3) is 0 Å². The van der Waals surface area contributed by atoms with Crippen molar-refractivity contribution in [3.05, 3.63) is 77.2 Å². The molecule has 1 aliphatic rings. The molecular weight excluding hydrogens is 390 g/mol. The lowest BCUT2D eigenvalue weighted by Crippen LogP contribution is -2.25. The van der Waals surface area contributed by atoms with Gasteiger partial charge in [-0.25, -0.2) is 0 Å². The highest BCUT2D eigenvalue weighted by molar-refractivity contribution is 5.96. The first kappa shape index (κ1) is 17.8. The van der Waals surface area contributed by atoms with Gasteiger partial charge < -0.3 is 5.32 Å². The van der Waals surface area contributed by atoms with Crippen LogP contribution in [0.2, 0.25) is 0 Å². The number of anilines is 1. The zero-order valence-electron chi connectivity index (χ0n) is 17.1. The van der Waals surface area contributed by atoms with Gasteiger partial charge >= 0.3 is 0 Å². The Kier molecular flexibility index (Phi) is 3.70. The number of hydrogen-bond acceptors (Lipinski definition) is 5. The molecule has 3 aromatic heterocycles. The average molecular weight is 409 g/mol. The summed E-state index contributed by atoms with van der Waals surface area (Å²) < 4.78 is 3.38. The van der Waals surface area contributed by atoms with Crippen LogP contribution in [-0.4, -0.2) is 35.5 Å². The number of rotatable bonds is 2. The van der Waals surface area contributed by atoms with E-state index >= 15 is 0 Å². The molecule has 0 bridgehead atoms. The summed E-state index contributed by atoms with van der Waals surface area (Å²) >= 11 is 0. The third-order valence-corrected chi connectivity index (χ3v) is 5.92. The SMILES string of the molecule is Cc1nn(-c2ccc3nnc(C)n3n2)c2c1[C@@H](c1cccc3ccccc13)CC(=O)N2. The van der Waals surface area contributed by atoms with Crippen molar-refractivity contribution < 1.29 is 4.79 Å². The second kappa shape index (κ2) is 6.46. The van der Waals surface area contributed by atoms with Gasteiger partial charge in [0.15, 0.2) is 17.3 Å². The Morgan fingerprint density at radius 1 is 0.968 bits per heavy atom. The summed E-state index contributed by atoms with van der Waals surface area (Å²) in [4.78, 5) is 12.8. The molecule has 0 aliphatic carbocycles. The van der Waals surface area contributed by atoms with Gasteiger partial charge in [0.05, 0.1) is 5.69 Å². The largest absolute Gasteiger partial charge is 0.310 e. The lowest BCUT2D eigenvalue weighted by Gasteiger charge is -2.25. The number of benzene rings is 2. The molecule has 1 amide bonds. The lowest BCUT2D eigenvalue weighted by atomic mass is 9.83. The predicted octanol–water partition coefficient (Wildman–Crippen LogP) is 3.55. The van der Waals surface area contributed by atoms with Crippen molar-refractivity contribution in [1.29, 1.82) is 0 Å². The normalized spacial score (nSPS) is 15.9. The molecule has 1 atom stereocenters. The molecule has 6 rings (SSSR count). The van der Waals surface area contributed by atoms with Gasteiger partial charge in [-0.1, -0.05) is 42.5 Å². The van der Waals surface area contributed by atoms with E-state index in [0.717, 1.165) is 27.6 Å². The Hall–Kier alpha value is -4.07. The first-order valence-corrected chi connectivity index (χ1v) is 10.2. The van der Waals surface area contributed by atoms with Crippen molar-refractivity contribution in [1.82, 2.24) is 29.6 Å². The fourth-order valence-electron chi connectivity index (χ4n) is 4.53. The summed E-state index contributed by atoms with van der Waals surface area (Å²) in [5.74, 6) is 1.84. The third kappa shape index (κ3) is 2.64. The van der Waals surface area contributed by atoms with Crippen molar-refractivity contribution in [2.45, 2.75) is 26.2 Å². The van der Waals surface area contributed by atoms with Gasteiger partial charge in [-0.2, -0.15) is 14.3 Å². The quantitative estimate of drug-likeness (QED) is 0.482. The van der Waals surface area contributed by atoms with E-state index in [1.165, 1.54) is 0 Å². The Morgan fingerprint density at radius 3 is 2.71 bits per heavy atom.